The number of morpholine rings is 1. The number of nitrogens with zero attached hydrogens (tertiary/aromatic N) is 1. The highest BCUT2D eigenvalue weighted by molar-refractivity contribution is 5.91. The van der Waals surface area contributed by atoms with Crippen molar-refractivity contribution >= 4 is 17.8 Å². The Morgan fingerprint density at radius 3 is 2.34 bits per heavy atom. The zero-order valence-electron chi connectivity index (χ0n) is 17.8. The third kappa shape index (κ3) is 7.70. The van der Waals surface area contributed by atoms with Crippen LogP contribution in [0.4, 0.5) is 8.78 Å². The fourth-order valence-corrected chi connectivity index (χ4v) is 3.03. The summed E-state index contributed by atoms with van der Waals surface area (Å²) < 4.78 is 38.7. The quantitative estimate of drug-likeness (QED) is 0.412. The van der Waals surface area contributed by atoms with Crippen LogP contribution in [0.2, 0.25) is 0 Å². The Kier molecular flexibility index (Phi) is 9.75. The number of hydrogen-bond donors (Lipinski definition) is 3. The maximum atomic E-state index is 12.5. The minimum Gasteiger partial charge on any atom is -0.467 e. The summed E-state index contributed by atoms with van der Waals surface area (Å²) in [6.45, 7) is 0.778. The SMILES string of the molecule is COC(=O)[C@@H](NC(=O)[C@H](C)NC(=O)CN1CCOCC1)[C@H](O)c1ccc(OC(F)F)cc1. The molecule has 1 aliphatic heterocycles. The van der Waals surface area contributed by atoms with E-state index in [1.54, 1.807) is 0 Å². The standard InChI is InChI=1S/C20H27F2N3O7/c1-12(23-15(26)11-25-7-9-31-10-8-25)18(28)24-16(19(29)30-2)17(27)13-3-5-14(6-4-13)32-20(21)22/h3-6,12,16-17,20,27H,7-11H2,1-2H3,(H,23,26)(H,24,28)/t12-,16-,17+/m0/s1. The maximum Gasteiger partial charge on any atom is 0.387 e. The molecule has 2 amide bonds. The highest BCUT2D eigenvalue weighted by Gasteiger charge is 2.32. The van der Waals surface area contributed by atoms with Gasteiger partial charge in [0.15, 0.2) is 6.04 Å². The second-order valence-corrected chi connectivity index (χ2v) is 7.08. The summed E-state index contributed by atoms with van der Waals surface area (Å²) in [7, 11) is 1.08. The number of ether oxygens (including phenoxy) is 3. The smallest absolute Gasteiger partial charge is 0.387 e. The first-order valence-corrected chi connectivity index (χ1v) is 9.91. The van der Waals surface area contributed by atoms with Crippen LogP contribution in [0.3, 0.4) is 0 Å². The lowest BCUT2D eigenvalue weighted by Gasteiger charge is -2.27. The van der Waals surface area contributed by atoms with Gasteiger partial charge in [0.1, 0.15) is 17.9 Å². The first kappa shape index (κ1) is 25.4. The average Bonchev–Trinajstić information content (AvgIpc) is 2.77. The molecular weight excluding hydrogens is 432 g/mol. The molecule has 32 heavy (non-hydrogen) atoms. The Balaban J connectivity index is 1.98. The summed E-state index contributed by atoms with van der Waals surface area (Å²) in [5.74, 6) is -2.15. The second kappa shape index (κ2) is 12.3. The number of halogens is 2. The first-order chi connectivity index (χ1) is 15.2. The molecule has 0 aromatic heterocycles. The normalized spacial score (nSPS) is 17.2. The molecule has 0 unspecified atom stereocenters. The highest BCUT2D eigenvalue weighted by Crippen LogP contribution is 2.22. The van der Waals surface area contributed by atoms with Crippen LogP contribution in [0.25, 0.3) is 0 Å². The summed E-state index contributed by atoms with van der Waals surface area (Å²) in [5, 5.41) is 15.5. The number of methoxy groups -OCH3 is 1. The zero-order valence-corrected chi connectivity index (χ0v) is 17.8. The molecule has 1 fully saturated rings. The number of amides is 2. The summed E-state index contributed by atoms with van der Waals surface area (Å²) in [6, 6.07) is 2.44. The van der Waals surface area contributed by atoms with E-state index in [-0.39, 0.29) is 23.8 Å². The van der Waals surface area contributed by atoms with E-state index < -0.39 is 36.7 Å². The predicted octanol–water partition coefficient (Wildman–Crippen LogP) is -0.184. The molecule has 0 saturated carbocycles. The van der Waals surface area contributed by atoms with Crippen LogP contribution in [0.1, 0.15) is 18.6 Å². The molecule has 0 spiro atoms. The van der Waals surface area contributed by atoms with Crippen molar-refractivity contribution in [3.63, 3.8) is 0 Å². The van der Waals surface area contributed by atoms with E-state index >= 15 is 0 Å². The van der Waals surface area contributed by atoms with Gasteiger partial charge in [-0.25, -0.2) is 4.79 Å². The summed E-state index contributed by atoms with van der Waals surface area (Å²) in [6.07, 6.45) is -1.54. The van der Waals surface area contributed by atoms with Crippen molar-refractivity contribution in [1.82, 2.24) is 15.5 Å². The van der Waals surface area contributed by atoms with Crippen molar-refractivity contribution in [2.45, 2.75) is 31.7 Å². The second-order valence-electron chi connectivity index (χ2n) is 7.08. The number of alkyl halides is 2. The average molecular weight is 459 g/mol. The summed E-state index contributed by atoms with van der Waals surface area (Å²) >= 11 is 0. The predicted molar refractivity (Wildman–Crippen MR) is 107 cm³/mol. The Hall–Kier alpha value is -2.83. The van der Waals surface area contributed by atoms with Crippen LogP contribution in [0.15, 0.2) is 24.3 Å². The molecule has 3 atom stereocenters. The molecule has 2 rings (SSSR count). The number of carbonyl (C=O) groups excluding carboxylic acids is 3. The van der Waals surface area contributed by atoms with Gasteiger partial charge >= 0.3 is 12.6 Å². The van der Waals surface area contributed by atoms with E-state index in [0.29, 0.717) is 26.3 Å². The van der Waals surface area contributed by atoms with Crippen molar-refractivity contribution in [3.05, 3.63) is 29.8 Å². The maximum absolute atomic E-state index is 12.5. The highest BCUT2D eigenvalue weighted by atomic mass is 19.3. The molecule has 1 heterocycles. The van der Waals surface area contributed by atoms with Crippen molar-refractivity contribution in [3.8, 4) is 5.75 Å². The van der Waals surface area contributed by atoms with Crippen LogP contribution < -0.4 is 15.4 Å². The number of hydrogen-bond acceptors (Lipinski definition) is 8. The molecule has 178 valence electrons. The van der Waals surface area contributed by atoms with Crippen LogP contribution in [0, 0.1) is 0 Å². The molecule has 1 aliphatic rings. The van der Waals surface area contributed by atoms with Crippen molar-refractivity contribution < 1.29 is 42.5 Å². The van der Waals surface area contributed by atoms with E-state index in [9.17, 15) is 28.3 Å². The third-order valence-corrected chi connectivity index (χ3v) is 4.76. The molecule has 1 aromatic carbocycles. The lowest BCUT2D eigenvalue weighted by molar-refractivity contribution is -0.148. The molecule has 12 heteroatoms. The fourth-order valence-electron chi connectivity index (χ4n) is 3.03. The van der Waals surface area contributed by atoms with Gasteiger partial charge in [0.2, 0.25) is 11.8 Å². The van der Waals surface area contributed by atoms with Gasteiger partial charge in [0.25, 0.3) is 0 Å². The molecule has 0 bridgehead atoms. The van der Waals surface area contributed by atoms with Gasteiger partial charge in [-0.1, -0.05) is 12.1 Å². The summed E-state index contributed by atoms with van der Waals surface area (Å²) in [5.41, 5.74) is 0.159. The van der Waals surface area contributed by atoms with E-state index in [2.05, 4.69) is 20.1 Å². The third-order valence-electron chi connectivity index (χ3n) is 4.76. The Labute approximate surface area is 183 Å². The minimum absolute atomic E-state index is 0.0943. The molecule has 1 aromatic rings. The van der Waals surface area contributed by atoms with E-state index in [0.717, 1.165) is 7.11 Å². The number of nitrogens with one attached hydrogen (secondary N) is 2. The topological polar surface area (TPSA) is 126 Å². The number of esters is 1. The minimum atomic E-state index is -3.01. The van der Waals surface area contributed by atoms with Gasteiger partial charge in [-0.3, -0.25) is 14.5 Å². The van der Waals surface area contributed by atoms with Crippen LogP contribution >= 0.6 is 0 Å². The number of rotatable bonds is 10. The Morgan fingerprint density at radius 2 is 1.78 bits per heavy atom. The van der Waals surface area contributed by atoms with Crippen LogP contribution in [0.5, 0.6) is 5.75 Å². The van der Waals surface area contributed by atoms with E-state index in [4.69, 9.17) is 4.74 Å². The van der Waals surface area contributed by atoms with Gasteiger partial charge in [-0.2, -0.15) is 8.78 Å². The van der Waals surface area contributed by atoms with Gasteiger partial charge in [-0.05, 0) is 24.6 Å². The lowest BCUT2D eigenvalue weighted by Crippen LogP contribution is -2.54. The number of aliphatic hydroxyl groups excluding tert-OH is 1. The van der Waals surface area contributed by atoms with Gasteiger partial charge < -0.3 is 30.0 Å². The molecule has 3 N–H and O–H groups in total. The van der Waals surface area contributed by atoms with Gasteiger partial charge in [-0.15, -0.1) is 0 Å². The van der Waals surface area contributed by atoms with E-state index in [1.165, 1.54) is 31.2 Å². The molecular formula is C20H27F2N3O7. The molecule has 1 saturated heterocycles. The number of aliphatic hydroxyl groups is 1. The largest absolute Gasteiger partial charge is 0.467 e. The van der Waals surface area contributed by atoms with E-state index in [1.807, 2.05) is 4.90 Å². The van der Waals surface area contributed by atoms with Crippen LogP contribution in [-0.4, -0.2) is 86.4 Å². The monoisotopic (exact) mass is 459 g/mol. The fraction of sp³-hybridized carbons (Fsp3) is 0.550. The Morgan fingerprint density at radius 1 is 1.16 bits per heavy atom. The number of carbonyl (C=O) groups is 3. The lowest BCUT2D eigenvalue weighted by atomic mass is 10.0. The summed E-state index contributed by atoms with van der Waals surface area (Å²) in [4.78, 5) is 38.8. The van der Waals surface area contributed by atoms with Gasteiger partial charge in [0.05, 0.1) is 26.9 Å². The zero-order chi connectivity index (χ0) is 23.7. The van der Waals surface area contributed by atoms with Crippen LogP contribution in [-0.2, 0) is 23.9 Å². The Bertz CT molecular complexity index is 773. The van der Waals surface area contributed by atoms with Crippen molar-refractivity contribution in [2.24, 2.45) is 0 Å². The number of benzene rings is 1. The molecule has 10 nitrogen and oxygen atoms in total. The van der Waals surface area contributed by atoms with Gasteiger partial charge in [0, 0.05) is 13.1 Å². The molecule has 0 aliphatic carbocycles. The van der Waals surface area contributed by atoms with Crippen molar-refractivity contribution in [2.75, 3.05) is 40.0 Å². The molecule has 0 radical (unpaired) electrons. The first-order valence-electron chi connectivity index (χ1n) is 9.91. The van der Waals surface area contributed by atoms with Crippen molar-refractivity contribution in [1.29, 1.82) is 0 Å².